The average Bonchev–Trinajstić information content (AvgIpc) is 2.72. The predicted octanol–water partition coefficient (Wildman–Crippen LogP) is 4.18. The molecule has 6 heteroatoms. The Morgan fingerprint density at radius 2 is 2.10 bits per heavy atom. The van der Waals surface area contributed by atoms with Crippen molar-refractivity contribution in [2.24, 2.45) is 4.99 Å². The highest BCUT2D eigenvalue weighted by Gasteiger charge is 2.25. The van der Waals surface area contributed by atoms with Gasteiger partial charge in [-0.25, -0.2) is 0 Å². The molecular formula is C14H10ClIN2OS. The third kappa shape index (κ3) is 2.49. The highest BCUT2D eigenvalue weighted by atomic mass is 127. The van der Waals surface area contributed by atoms with Gasteiger partial charge in [0.2, 0.25) is 5.91 Å². The summed E-state index contributed by atoms with van der Waals surface area (Å²) in [5.74, 6) is -0.0912. The summed E-state index contributed by atoms with van der Waals surface area (Å²) in [5.41, 5.74) is 2.56. The number of fused-ring (bicyclic) bond motifs is 1. The first-order chi connectivity index (χ1) is 9.56. The molecule has 2 heterocycles. The molecule has 1 aliphatic heterocycles. The zero-order chi connectivity index (χ0) is 14.3. The zero-order valence-corrected chi connectivity index (χ0v) is 14.2. The summed E-state index contributed by atoms with van der Waals surface area (Å²) in [4.78, 5) is 16.6. The summed E-state index contributed by atoms with van der Waals surface area (Å²) in [5, 5.41) is 4.40. The molecule has 1 aliphatic rings. The largest absolute Gasteiger partial charge is 0.315 e. The third-order valence-electron chi connectivity index (χ3n) is 3.03. The van der Waals surface area contributed by atoms with E-state index in [-0.39, 0.29) is 5.91 Å². The molecule has 1 N–H and O–H groups in total. The molecule has 1 atom stereocenters. The number of nitrogens with zero attached hydrogens (tertiary/aromatic N) is 1. The topological polar surface area (TPSA) is 41.5 Å². The molecule has 0 saturated carbocycles. The molecule has 1 aromatic heterocycles. The Labute approximate surface area is 139 Å². The summed E-state index contributed by atoms with van der Waals surface area (Å²) in [7, 11) is 0. The van der Waals surface area contributed by atoms with Crippen molar-refractivity contribution in [2.45, 2.75) is 13.0 Å². The Hall–Kier alpha value is -0.920. The number of benzene rings is 1. The summed E-state index contributed by atoms with van der Waals surface area (Å²) < 4.78 is 1.10. The lowest BCUT2D eigenvalue weighted by molar-refractivity contribution is -0.116. The molecule has 2 aromatic rings. The van der Waals surface area contributed by atoms with Gasteiger partial charge in [-0.1, -0.05) is 29.8 Å². The van der Waals surface area contributed by atoms with Gasteiger partial charge in [-0.05, 0) is 41.6 Å². The van der Waals surface area contributed by atoms with Gasteiger partial charge < -0.3 is 5.32 Å². The Balaban J connectivity index is 2.24. The molecular weight excluding hydrogens is 407 g/mol. The Morgan fingerprint density at radius 1 is 1.35 bits per heavy atom. The molecule has 1 amide bonds. The van der Waals surface area contributed by atoms with Gasteiger partial charge in [0.05, 0.1) is 8.60 Å². The summed E-state index contributed by atoms with van der Waals surface area (Å²) in [6.07, 6.45) is 0. The van der Waals surface area contributed by atoms with E-state index in [9.17, 15) is 4.79 Å². The number of aliphatic imine (C=N–C) groups is 1. The first-order valence-corrected chi connectivity index (χ1v) is 8.27. The number of hydrogen-bond acceptors (Lipinski definition) is 3. The molecule has 3 rings (SSSR count). The SMILES string of the molecule is CC1N=C(c2ccccc2Cl)c2cc(I)sc2NC1=O. The maximum atomic E-state index is 12.0. The first-order valence-electron chi connectivity index (χ1n) is 5.99. The van der Waals surface area contributed by atoms with E-state index in [4.69, 9.17) is 11.6 Å². The minimum Gasteiger partial charge on any atom is -0.315 e. The van der Waals surface area contributed by atoms with Crippen LogP contribution in [0.2, 0.25) is 5.02 Å². The summed E-state index contributed by atoms with van der Waals surface area (Å²) in [6.45, 7) is 1.79. The molecule has 0 spiro atoms. The van der Waals surface area contributed by atoms with Crippen molar-refractivity contribution in [1.29, 1.82) is 0 Å². The van der Waals surface area contributed by atoms with Gasteiger partial charge >= 0.3 is 0 Å². The lowest BCUT2D eigenvalue weighted by Crippen LogP contribution is -2.22. The monoisotopic (exact) mass is 416 g/mol. The maximum absolute atomic E-state index is 12.0. The highest BCUT2D eigenvalue weighted by Crippen LogP contribution is 2.34. The predicted molar refractivity (Wildman–Crippen MR) is 92.2 cm³/mol. The smallest absolute Gasteiger partial charge is 0.249 e. The minimum atomic E-state index is -0.432. The molecule has 0 fully saturated rings. The number of anilines is 1. The molecule has 1 unspecified atom stereocenters. The molecule has 102 valence electrons. The Morgan fingerprint density at radius 3 is 2.85 bits per heavy atom. The zero-order valence-electron chi connectivity index (χ0n) is 10.5. The third-order valence-corrected chi connectivity index (χ3v) is 5.17. The van der Waals surface area contributed by atoms with E-state index in [2.05, 4.69) is 32.9 Å². The molecule has 20 heavy (non-hydrogen) atoms. The number of rotatable bonds is 1. The fourth-order valence-electron chi connectivity index (χ4n) is 2.04. The van der Waals surface area contributed by atoms with Crippen LogP contribution in [0.25, 0.3) is 0 Å². The second kappa shape index (κ2) is 5.46. The van der Waals surface area contributed by atoms with E-state index < -0.39 is 6.04 Å². The van der Waals surface area contributed by atoms with Crippen LogP contribution in [0.5, 0.6) is 0 Å². The molecule has 0 bridgehead atoms. The van der Waals surface area contributed by atoms with E-state index in [1.165, 1.54) is 0 Å². The average molecular weight is 417 g/mol. The van der Waals surface area contributed by atoms with E-state index >= 15 is 0 Å². The second-order valence-corrected chi connectivity index (χ2v) is 7.77. The molecule has 1 aromatic carbocycles. The normalized spacial score (nSPS) is 18.1. The quantitative estimate of drug-likeness (QED) is 0.696. The van der Waals surface area contributed by atoms with Crippen molar-refractivity contribution in [3.63, 3.8) is 0 Å². The van der Waals surface area contributed by atoms with Gasteiger partial charge in [0.25, 0.3) is 0 Å². The van der Waals surface area contributed by atoms with Gasteiger partial charge in [-0.15, -0.1) is 11.3 Å². The van der Waals surface area contributed by atoms with Crippen LogP contribution in [0.4, 0.5) is 5.00 Å². The summed E-state index contributed by atoms with van der Waals surface area (Å²) >= 11 is 10.1. The fraction of sp³-hybridized carbons (Fsp3) is 0.143. The van der Waals surface area contributed by atoms with Crippen molar-refractivity contribution in [2.75, 3.05) is 5.32 Å². The van der Waals surface area contributed by atoms with Crippen LogP contribution in [-0.2, 0) is 4.79 Å². The van der Waals surface area contributed by atoms with Crippen molar-refractivity contribution < 1.29 is 4.79 Å². The van der Waals surface area contributed by atoms with Gasteiger partial charge in [0.1, 0.15) is 11.0 Å². The number of halogens is 2. The van der Waals surface area contributed by atoms with Gasteiger partial charge in [-0.3, -0.25) is 9.79 Å². The summed E-state index contributed by atoms with van der Waals surface area (Å²) in [6, 6.07) is 9.17. The number of carbonyl (C=O) groups excluding carboxylic acids is 1. The highest BCUT2D eigenvalue weighted by molar-refractivity contribution is 14.1. The molecule has 0 aliphatic carbocycles. The van der Waals surface area contributed by atoms with Crippen LogP contribution in [-0.4, -0.2) is 17.7 Å². The number of nitrogens with one attached hydrogen (secondary N) is 1. The van der Waals surface area contributed by atoms with Crippen LogP contribution in [0.1, 0.15) is 18.1 Å². The van der Waals surface area contributed by atoms with Crippen molar-refractivity contribution >= 4 is 62.1 Å². The van der Waals surface area contributed by atoms with Crippen LogP contribution in [0.15, 0.2) is 35.3 Å². The van der Waals surface area contributed by atoms with E-state index in [1.54, 1.807) is 18.3 Å². The van der Waals surface area contributed by atoms with Crippen molar-refractivity contribution in [3.05, 3.63) is 49.4 Å². The number of carbonyl (C=O) groups is 1. The second-order valence-electron chi connectivity index (χ2n) is 4.42. The van der Waals surface area contributed by atoms with Crippen LogP contribution in [0.3, 0.4) is 0 Å². The van der Waals surface area contributed by atoms with Crippen molar-refractivity contribution in [3.8, 4) is 0 Å². The first kappa shape index (κ1) is 14.0. The number of thiophene rings is 1. The van der Waals surface area contributed by atoms with E-state index in [0.29, 0.717) is 5.02 Å². The van der Waals surface area contributed by atoms with E-state index in [1.807, 2.05) is 30.3 Å². The molecule has 0 radical (unpaired) electrons. The van der Waals surface area contributed by atoms with Gasteiger partial charge in [0.15, 0.2) is 0 Å². The Kier molecular flexibility index (Phi) is 3.83. The maximum Gasteiger partial charge on any atom is 0.249 e. The fourth-order valence-corrected chi connectivity index (χ4v) is 4.02. The lowest BCUT2D eigenvalue weighted by atomic mass is 10.0. The number of amides is 1. The standard InChI is InChI=1S/C14H10ClIN2OS/c1-7-13(19)18-14-9(6-11(16)20-14)12(17-7)8-4-2-3-5-10(8)15/h2-7H,1H3,(H,18,19). The minimum absolute atomic E-state index is 0.0912. The molecule has 3 nitrogen and oxygen atoms in total. The van der Waals surface area contributed by atoms with Gasteiger partial charge in [-0.2, -0.15) is 0 Å². The van der Waals surface area contributed by atoms with Crippen LogP contribution >= 0.6 is 45.5 Å². The van der Waals surface area contributed by atoms with Gasteiger partial charge in [0, 0.05) is 16.1 Å². The van der Waals surface area contributed by atoms with Crippen LogP contribution in [0, 0.1) is 2.88 Å². The lowest BCUT2D eigenvalue weighted by Gasteiger charge is -2.07. The molecule has 0 saturated heterocycles. The number of hydrogen-bond donors (Lipinski definition) is 1. The van der Waals surface area contributed by atoms with Crippen LogP contribution < -0.4 is 5.32 Å². The van der Waals surface area contributed by atoms with Crippen molar-refractivity contribution in [1.82, 2.24) is 0 Å². The van der Waals surface area contributed by atoms with E-state index in [0.717, 1.165) is 24.7 Å². The Bertz CT molecular complexity index is 726.